The number of nitrogens with zero attached hydrogens (tertiary/aromatic N) is 1. The second-order valence-corrected chi connectivity index (χ2v) is 6.67. The fourth-order valence-electron chi connectivity index (χ4n) is 2.97. The SMILES string of the molecule is CCCCCCn1c(=O)c(OC(C)=O)c(O)c2ccc(OCCCC)cc21. The lowest BCUT2D eigenvalue weighted by Gasteiger charge is -2.16. The van der Waals surface area contributed by atoms with Crippen molar-refractivity contribution in [1.29, 1.82) is 0 Å². The Morgan fingerprint density at radius 1 is 1.11 bits per heavy atom. The van der Waals surface area contributed by atoms with Crippen LogP contribution in [0.5, 0.6) is 17.2 Å². The first-order chi connectivity index (χ1) is 13.0. The molecule has 6 heteroatoms. The molecule has 1 heterocycles. The van der Waals surface area contributed by atoms with Gasteiger partial charge in [0, 0.05) is 24.9 Å². The number of unbranched alkanes of at least 4 members (excludes halogenated alkanes) is 4. The number of esters is 1. The Balaban J connectivity index is 2.50. The number of aryl methyl sites for hydroxylation is 1. The molecule has 0 spiro atoms. The lowest BCUT2D eigenvalue weighted by molar-refractivity contribution is -0.132. The Morgan fingerprint density at radius 3 is 2.52 bits per heavy atom. The van der Waals surface area contributed by atoms with Gasteiger partial charge >= 0.3 is 5.97 Å². The summed E-state index contributed by atoms with van der Waals surface area (Å²) >= 11 is 0. The minimum absolute atomic E-state index is 0.310. The molecule has 27 heavy (non-hydrogen) atoms. The number of carbonyl (C=O) groups excluding carboxylic acids is 1. The standard InChI is InChI=1S/C21H29NO5/c1-4-6-8-9-12-22-18-14-16(26-13-7-5-2)10-11-17(18)19(24)20(21(22)25)27-15(3)23/h10-11,14,24H,4-9,12-13H2,1-3H3. The summed E-state index contributed by atoms with van der Waals surface area (Å²) < 4.78 is 12.3. The summed E-state index contributed by atoms with van der Waals surface area (Å²) in [6.07, 6.45) is 5.99. The van der Waals surface area contributed by atoms with Crippen molar-refractivity contribution in [2.75, 3.05) is 6.61 Å². The van der Waals surface area contributed by atoms with E-state index >= 15 is 0 Å². The second-order valence-electron chi connectivity index (χ2n) is 6.67. The zero-order chi connectivity index (χ0) is 19.8. The van der Waals surface area contributed by atoms with Gasteiger partial charge in [-0.05, 0) is 25.0 Å². The van der Waals surface area contributed by atoms with Gasteiger partial charge in [-0.15, -0.1) is 0 Å². The Morgan fingerprint density at radius 2 is 1.85 bits per heavy atom. The molecule has 1 aromatic heterocycles. The largest absolute Gasteiger partial charge is 0.504 e. The third-order valence-electron chi connectivity index (χ3n) is 4.42. The average Bonchev–Trinajstić information content (AvgIpc) is 2.64. The fourth-order valence-corrected chi connectivity index (χ4v) is 2.97. The lowest BCUT2D eigenvalue weighted by atomic mass is 10.1. The third-order valence-corrected chi connectivity index (χ3v) is 4.42. The third kappa shape index (κ3) is 5.25. The van der Waals surface area contributed by atoms with Gasteiger partial charge in [-0.1, -0.05) is 39.5 Å². The van der Waals surface area contributed by atoms with Crippen molar-refractivity contribution in [3.8, 4) is 17.2 Å². The Hall–Kier alpha value is -2.50. The van der Waals surface area contributed by atoms with E-state index in [1.807, 2.05) is 0 Å². The first-order valence-electron chi connectivity index (χ1n) is 9.70. The van der Waals surface area contributed by atoms with Crippen molar-refractivity contribution in [2.45, 2.75) is 65.8 Å². The highest BCUT2D eigenvalue weighted by atomic mass is 16.5. The van der Waals surface area contributed by atoms with E-state index in [2.05, 4.69) is 13.8 Å². The molecule has 0 aliphatic rings. The van der Waals surface area contributed by atoms with Crippen LogP contribution in [-0.4, -0.2) is 22.2 Å². The molecular formula is C21H29NO5. The second kappa shape index (κ2) is 10.00. The van der Waals surface area contributed by atoms with Gasteiger partial charge in [0.15, 0.2) is 5.75 Å². The minimum atomic E-state index is -0.640. The molecule has 0 fully saturated rings. The molecule has 0 aliphatic carbocycles. The highest BCUT2D eigenvalue weighted by Gasteiger charge is 2.19. The molecular weight excluding hydrogens is 346 g/mol. The molecule has 0 saturated heterocycles. The molecule has 2 rings (SSSR count). The number of ether oxygens (including phenoxy) is 2. The molecule has 0 unspecified atom stereocenters. The van der Waals surface area contributed by atoms with Gasteiger partial charge in [0.1, 0.15) is 5.75 Å². The molecule has 0 amide bonds. The van der Waals surface area contributed by atoms with E-state index in [0.29, 0.717) is 29.8 Å². The molecule has 0 radical (unpaired) electrons. The summed E-state index contributed by atoms with van der Waals surface area (Å²) in [5, 5.41) is 10.9. The van der Waals surface area contributed by atoms with Crippen molar-refractivity contribution in [1.82, 2.24) is 4.57 Å². The molecule has 0 aliphatic heterocycles. The van der Waals surface area contributed by atoms with Crippen LogP contribution in [0.15, 0.2) is 23.0 Å². The number of rotatable bonds is 10. The van der Waals surface area contributed by atoms with Crippen LogP contribution in [0.3, 0.4) is 0 Å². The number of benzene rings is 1. The highest BCUT2D eigenvalue weighted by molar-refractivity contribution is 5.89. The van der Waals surface area contributed by atoms with E-state index in [1.165, 1.54) is 6.92 Å². The summed E-state index contributed by atoms with van der Waals surface area (Å²) in [5.74, 6) is -0.614. The van der Waals surface area contributed by atoms with Crippen LogP contribution in [-0.2, 0) is 11.3 Å². The van der Waals surface area contributed by atoms with Crippen LogP contribution in [0.25, 0.3) is 10.9 Å². The van der Waals surface area contributed by atoms with Gasteiger partial charge in [-0.25, -0.2) is 0 Å². The predicted molar refractivity (Wildman–Crippen MR) is 106 cm³/mol. The van der Waals surface area contributed by atoms with Crippen LogP contribution in [0, 0.1) is 0 Å². The topological polar surface area (TPSA) is 77.8 Å². The van der Waals surface area contributed by atoms with E-state index in [-0.39, 0.29) is 11.5 Å². The van der Waals surface area contributed by atoms with E-state index in [9.17, 15) is 14.7 Å². The minimum Gasteiger partial charge on any atom is -0.504 e. The van der Waals surface area contributed by atoms with Gasteiger partial charge in [-0.3, -0.25) is 9.59 Å². The maximum absolute atomic E-state index is 12.9. The van der Waals surface area contributed by atoms with Crippen LogP contribution >= 0.6 is 0 Å². The van der Waals surface area contributed by atoms with E-state index in [1.54, 1.807) is 22.8 Å². The van der Waals surface area contributed by atoms with Crippen molar-refractivity contribution in [2.24, 2.45) is 0 Å². The van der Waals surface area contributed by atoms with Crippen LogP contribution < -0.4 is 15.0 Å². The first kappa shape index (κ1) is 20.8. The van der Waals surface area contributed by atoms with Crippen LogP contribution in [0.1, 0.15) is 59.3 Å². The number of aromatic nitrogens is 1. The number of hydrogen-bond acceptors (Lipinski definition) is 5. The van der Waals surface area contributed by atoms with Crippen LogP contribution in [0.4, 0.5) is 0 Å². The van der Waals surface area contributed by atoms with Gasteiger partial charge in [-0.2, -0.15) is 0 Å². The van der Waals surface area contributed by atoms with Crippen molar-refractivity contribution < 1.29 is 19.4 Å². The number of pyridine rings is 1. The molecule has 1 N–H and O–H groups in total. The summed E-state index contributed by atoms with van der Waals surface area (Å²) in [6, 6.07) is 5.21. The van der Waals surface area contributed by atoms with Gasteiger partial charge in [0.05, 0.1) is 12.1 Å². The fraction of sp³-hybridized carbons (Fsp3) is 0.524. The molecule has 0 saturated carbocycles. The maximum Gasteiger partial charge on any atom is 0.308 e. The number of carbonyl (C=O) groups is 1. The summed E-state index contributed by atoms with van der Waals surface area (Å²) in [4.78, 5) is 24.2. The van der Waals surface area contributed by atoms with Gasteiger partial charge in [0.25, 0.3) is 5.56 Å². The Kier molecular flexibility index (Phi) is 7.70. The molecule has 0 atom stereocenters. The summed E-state index contributed by atoms with van der Waals surface area (Å²) in [7, 11) is 0. The van der Waals surface area contributed by atoms with Crippen molar-refractivity contribution in [3.05, 3.63) is 28.6 Å². The molecule has 2 aromatic rings. The zero-order valence-corrected chi connectivity index (χ0v) is 16.4. The van der Waals surface area contributed by atoms with Gasteiger partial charge < -0.3 is 19.1 Å². The van der Waals surface area contributed by atoms with Gasteiger partial charge in [0.2, 0.25) is 5.75 Å². The monoisotopic (exact) mass is 375 g/mol. The molecule has 148 valence electrons. The van der Waals surface area contributed by atoms with E-state index in [0.717, 1.165) is 38.5 Å². The van der Waals surface area contributed by atoms with Crippen molar-refractivity contribution >= 4 is 16.9 Å². The molecule has 0 bridgehead atoms. The summed E-state index contributed by atoms with van der Waals surface area (Å²) in [5.41, 5.74) is 0.0799. The average molecular weight is 375 g/mol. The zero-order valence-electron chi connectivity index (χ0n) is 16.4. The molecule has 1 aromatic carbocycles. The smallest absolute Gasteiger partial charge is 0.308 e. The quantitative estimate of drug-likeness (QED) is 0.492. The number of aromatic hydroxyl groups is 1. The molecule has 6 nitrogen and oxygen atoms in total. The Bertz CT molecular complexity index is 841. The van der Waals surface area contributed by atoms with Crippen LogP contribution in [0.2, 0.25) is 0 Å². The predicted octanol–water partition coefficient (Wildman–Crippen LogP) is 4.39. The lowest BCUT2D eigenvalue weighted by Crippen LogP contribution is -2.24. The van der Waals surface area contributed by atoms with E-state index < -0.39 is 11.5 Å². The highest BCUT2D eigenvalue weighted by Crippen LogP contribution is 2.33. The summed E-state index contributed by atoms with van der Waals surface area (Å²) in [6.45, 7) is 6.51. The number of hydrogen-bond donors (Lipinski definition) is 1. The van der Waals surface area contributed by atoms with E-state index in [4.69, 9.17) is 9.47 Å². The maximum atomic E-state index is 12.9. The Labute approximate surface area is 159 Å². The number of fused-ring (bicyclic) bond motifs is 1. The first-order valence-corrected chi connectivity index (χ1v) is 9.70. The van der Waals surface area contributed by atoms with Crippen molar-refractivity contribution in [3.63, 3.8) is 0 Å². The normalized spacial score (nSPS) is 10.9.